The summed E-state index contributed by atoms with van der Waals surface area (Å²) in [5.74, 6) is -0.348. The zero-order valence-electron chi connectivity index (χ0n) is 11.3. The lowest BCUT2D eigenvalue weighted by Gasteiger charge is -2.14. The molecule has 21 heavy (non-hydrogen) atoms. The van der Waals surface area contributed by atoms with E-state index in [1.807, 2.05) is 60.7 Å². The summed E-state index contributed by atoms with van der Waals surface area (Å²) in [5, 5.41) is 0.637. The van der Waals surface area contributed by atoms with Gasteiger partial charge in [-0.2, -0.15) is 0 Å². The fourth-order valence-electron chi connectivity index (χ4n) is 2.22. The molecule has 4 heteroatoms. The molecule has 0 saturated heterocycles. The molecule has 1 heterocycles. The molecule has 2 aromatic carbocycles. The maximum Gasteiger partial charge on any atom is 0.235 e. The van der Waals surface area contributed by atoms with Crippen molar-refractivity contribution in [2.45, 2.75) is 10.1 Å². The number of thioether (sulfide) groups is 1. The van der Waals surface area contributed by atoms with E-state index in [9.17, 15) is 4.79 Å². The Labute approximate surface area is 127 Å². The summed E-state index contributed by atoms with van der Waals surface area (Å²) >= 11 is 1.44. The minimum atomic E-state index is -0.418. The van der Waals surface area contributed by atoms with Crippen molar-refractivity contribution in [3.05, 3.63) is 72.4 Å². The van der Waals surface area contributed by atoms with Gasteiger partial charge in [0.05, 0.1) is 5.52 Å². The van der Waals surface area contributed by atoms with Crippen molar-refractivity contribution in [1.29, 1.82) is 0 Å². The number of pyridine rings is 1. The molecule has 1 unspecified atom stereocenters. The van der Waals surface area contributed by atoms with Crippen LogP contribution >= 0.6 is 11.8 Å². The molecular formula is C17H14N2OS. The standard InChI is InChI=1S/C17H14N2OS/c18-17(20)16(13-6-2-1-3-7-13)21-14-10-4-8-12-9-5-11-19-15(12)14/h1-11,16H,(H2,18,20). The first-order chi connectivity index (χ1) is 10.3. The van der Waals surface area contributed by atoms with E-state index in [-0.39, 0.29) is 5.91 Å². The third-order valence-electron chi connectivity index (χ3n) is 3.20. The average Bonchev–Trinajstić information content (AvgIpc) is 2.53. The zero-order valence-corrected chi connectivity index (χ0v) is 12.1. The monoisotopic (exact) mass is 294 g/mol. The Hall–Kier alpha value is -2.33. The molecule has 3 rings (SSSR count). The smallest absolute Gasteiger partial charge is 0.235 e. The molecule has 0 radical (unpaired) electrons. The molecule has 0 saturated carbocycles. The molecule has 0 bridgehead atoms. The minimum absolute atomic E-state index is 0.348. The second-order valence-electron chi connectivity index (χ2n) is 4.64. The van der Waals surface area contributed by atoms with E-state index in [1.54, 1.807) is 6.20 Å². The number of hydrogen-bond donors (Lipinski definition) is 1. The topological polar surface area (TPSA) is 56.0 Å². The molecule has 0 aliphatic heterocycles. The molecule has 1 aromatic heterocycles. The predicted octanol–water partition coefficient (Wildman–Crippen LogP) is 3.55. The molecule has 2 N–H and O–H groups in total. The van der Waals surface area contributed by atoms with Gasteiger partial charge in [-0.25, -0.2) is 0 Å². The summed E-state index contributed by atoms with van der Waals surface area (Å²) in [6.45, 7) is 0. The Balaban J connectivity index is 2.01. The lowest BCUT2D eigenvalue weighted by Crippen LogP contribution is -2.18. The fraction of sp³-hybridized carbons (Fsp3) is 0.0588. The molecule has 0 aliphatic rings. The van der Waals surface area contributed by atoms with Gasteiger partial charge in [0, 0.05) is 16.5 Å². The van der Waals surface area contributed by atoms with Crippen molar-refractivity contribution in [3.8, 4) is 0 Å². The highest BCUT2D eigenvalue weighted by Crippen LogP contribution is 2.37. The summed E-state index contributed by atoms with van der Waals surface area (Å²) in [6.07, 6.45) is 1.76. The summed E-state index contributed by atoms with van der Waals surface area (Å²) in [4.78, 5) is 17.2. The Bertz CT molecular complexity index is 769. The molecule has 0 fully saturated rings. The zero-order chi connectivity index (χ0) is 14.7. The van der Waals surface area contributed by atoms with Gasteiger partial charge in [0.2, 0.25) is 5.91 Å². The van der Waals surface area contributed by atoms with E-state index >= 15 is 0 Å². The number of benzene rings is 2. The average molecular weight is 294 g/mol. The Morgan fingerprint density at radius 3 is 2.52 bits per heavy atom. The number of primary amides is 1. The van der Waals surface area contributed by atoms with Gasteiger partial charge in [0.25, 0.3) is 0 Å². The van der Waals surface area contributed by atoms with Crippen LogP contribution in [0.2, 0.25) is 0 Å². The van der Waals surface area contributed by atoms with Crippen molar-refractivity contribution in [1.82, 2.24) is 4.98 Å². The maximum atomic E-state index is 11.8. The normalized spacial score (nSPS) is 12.2. The molecule has 0 aliphatic carbocycles. The number of aromatic nitrogens is 1. The van der Waals surface area contributed by atoms with Crippen LogP contribution in [0.3, 0.4) is 0 Å². The highest BCUT2D eigenvalue weighted by atomic mass is 32.2. The lowest BCUT2D eigenvalue weighted by molar-refractivity contribution is -0.117. The highest BCUT2D eigenvalue weighted by molar-refractivity contribution is 8.00. The molecule has 0 spiro atoms. The van der Waals surface area contributed by atoms with E-state index < -0.39 is 5.25 Å². The number of nitrogens with two attached hydrogens (primary N) is 1. The molecular weight excluding hydrogens is 280 g/mol. The van der Waals surface area contributed by atoms with Gasteiger partial charge < -0.3 is 5.73 Å². The van der Waals surface area contributed by atoms with Gasteiger partial charge in [-0.05, 0) is 17.7 Å². The summed E-state index contributed by atoms with van der Waals surface area (Å²) in [6, 6.07) is 19.4. The minimum Gasteiger partial charge on any atom is -0.368 e. The lowest BCUT2D eigenvalue weighted by atomic mass is 10.1. The van der Waals surface area contributed by atoms with Crippen LogP contribution < -0.4 is 5.73 Å². The van der Waals surface area contributed by atoms with Crippen LogP contribution in [0.4, 0.5) is 0 Å². The number of fused-ring (bicyclic) bond motifs is 1. The number of carbonyl (C=O) groups is 1. The maximum absolute atomic E-state index is 11.8. The van der Waals surface area contributed by atoms with Crippen LogP contribution in [0.5, 0.6) is 0 Å². The molecule has 3 aromatic rings. The van der Waals surface area contributed by atoms with Crippen molar-refractivity contribution in [2.24, 2.45) is 5.73 Å². The molecule has 3 nitrogen and oxygen atoms in total. The number of carbonyl (C=O) groups excluding carboxylic acids is 1. The van der Waals surface area contributed by atoms with Gasteiger partial charge in [-0.1, -0.05) is 48.5 Å². The molecule has 1 atom stereocenters. The summed E-state index contributed by atoms with van der Waals surface area (Å²) in [5.41, 5.74) is 7.38. The SMILES string of the molecule is NC(=O)C(Sc1cccc2cccnc12)c1ccccc1. The highest BCUT2D eigenvalue weighted by Gasteiger charge is 2.20. The first kappa shape index (κ1) is 13.6. The van der Waals surface area contributed by atoms with Crippen LogP contribution in [-0.2, 0) is 4.79 Å². The largest absolute Gasteiger partial charge is 0.368 e. The van der Waals surface area contributed by atoms with Gasteiger partial charge in [-0.15, -0.1) is 11.8 Å². The third-order valence-corrected chi connectivity index (χ3v) is 4.52. The predicted molar refractivity (Wildman–Crippen MR) is 86.0 cm³/mol. The van der Waals surface area contributed by atoms with Gasteiger partial charge in [0.15, 0.2) is 0 Å². The second-order valence-corrected chi connectivity index (χ2v) is 5.79. The third kappa shape index (κ3) is 2.90. The van der Waals surface area contributed by atoms with Gasteiger partial charge in [-0.3, -0.25) is 9.78 Å². The molecule has 104 valence electrons. The van der Waals surface area contributed by atoms with Crippen molar-refractivity contribution in [3.63, 3.8) is 0 Å². The number of hydrogen-bond acceptors (Lipinski definition) is 3. The van der Waals surface area contributed by atoms with E-state index in [0.29, 0.717) is 0 Å². The Morgan fingerprint density at radius 1 is 1.00 bits per heavy atom. The number of rotatable bonds is 4. The van der Waals surface area contributed by atoms with Crippen molar-refractivity contribution >= 4 is 28.6 Å². The van der Waals surface area contributed by atoms with Gasteiger partial charge in [0.1, 0.15) is 5.25 Å². The van der Waals surface area contributed by atoms with Gasteiger partial charge >= 0.3 is 0 Å². The van der Waals surface area contributed by atoms with Crippen molar-refractivity contribution in [2.75, 3.05) is 0 Å². The summed E-state index contributed by atoms with van der Waals surface area (Å²) in [7, 11) is 0. The number of amides is 1. The Morgan fingerprint density at radius 2 is 1.76 bits per heavy atom. The first-order valence-electron chi connectivity index (χ1n) is 6.60. The summed E-state index contributed by atoms with van der Waals surface area (Å²) < 4.78 is 0. The van der Waals surface area contributed by atoms with E-state index in [1.165, 1.54) is 11.8 Å². The van der Waals surface area contributed by atoms with E-state index in [4.69, 9.17) is 5.73 Å². The quantitative estimate of drug-likeness (QED) is 0.749. The van der Waals surface area contributed by atoms with E-state index in [0.717, 1.165) is 21.4 Å². The number of para-hydroxylation sites is 1. The first-order valence-corrected chi connectivity index (χ1v) is 7.48. The fourth-order valence-corrected chi connectivity index (χ4v) is 3.32. The van der Waals surface area contributed by atoms with Crippen LogP contribution in [-0.4, -0.2) is 10.9 Å². The van der Waals surface area contributed by atoms with Crippen molar-refractivity contribution < 1.29 is 4.79 Å². The molecule has 1 amide bonds. The van der Waals surface area contributed by atoms with Crippen LogP contribution in [0.1, 0.15) is 10.8 Å². The second kappa shape index (κ2) is 5.97. The number of nitrogens with zero attached hydrogens (tertiary/aromatic N) is 1. The van der Waals surface area contributed by atoms with Crippen LogP contribution in [0, 0.1) is 0 Å². The van der Waals surface area contributed by atoms with Crippen LogP contribution in [0.25, 0.3) is 10.9 Å². The Kier molecular flexibility index (Phi) is 3.88. The van der Waals surface area contributed by atoms with Crippen LogP contribution in [0.15, 0.2) is 71.8 Å². The van der Waals surface area contributed by atoms with E-state index in [2.05, 4.69) is 4.98 Å².